The van der Waals surface area contributed by atoms with E-state index in [-0.39, 0.29) is 18.1 Å². The van der Waals surface area contributed by atoms with E-state index in [1.807, 2.05) is 18.7 Å². The number of anilines is 1. The van der Waals surface area contributed by atoms with Crippen LogP contribution in [-0.2, 0) is 4.74 Å². The number of carbonyl (C=O) groups is 1. The lowest BCUT2D eigenvalue weighted by atomic mass is 10.1. The number of hydrogen-bond donors (Lipinski definition) is 1. The Bertz CT molecular complexity index is 420. The first-order chi connectivity index (χ1) is 8.09. The van der Waals surface area contributed by atoms with E-state index >= 15 is 0 Å². The minimum Gasteiger partial charge on any atom is -0.399 e. The summed E-state index contributed by atoms with van der Waals surface area (Å²) < 4.78 is 5.51. The number of hydrogen-bond acceptors (Lipinski definition) is 3. The predicted octanol–water partition coefficient (Wildman–Crippen LogP) is 1.52. The Morgan fingerprint density at radius 3 is 2.94 bits per heavy atom. The number of rotatable bonds is 1. The molecule has 2 N–H and O–H groups in total. The second-order valence-corrected chi connectivity index (χ2v) is 4.44. The highest BCUT2D eigenvalue weighted by Crippen LogP contribution is 2.17. The summed E-state index contributed by atoms with van der Waals surface area (Å²) in [4.78, 5) is 14.2. The summed E-state index contributed by atoms with van der Waals surface area (Å²) in [6.07, 6.45) is 0.0776. The molecule has 4 heteroatoms. The fourth-order valence-corrected chi connectivity index (χ4v) is 2.06. The molecule has 0 radical (unpaired) electrons. The Kier molecular flexibility index (Phi) is 3.33. The molecule has 1 heterocycles. The molecule has 92 valence electrons. The average molecular weight is 234 g/mol. The molecule has 1 amide bonds. The number of morpholine rings is 1. The summed E-state index contributed by atoms with van der Waals surface area (Å²) in [6.45, 7) is 5.23. The van der Waals surface area contributed by atoms with Crippen molar-refractivity contribution in [2.45, 2.75) is 26.0 Å². The zero-order valence-corrected chi connectivity index (χ0v) is 10.2. The van der Waals surface area contributed by atoms with Gasteiger partial charge in [0.05, 0.1) is 18.8 Å². The van der Waals surface area contributed by atoms with Crippen molar-refractivity contribution < 1.29 is 9.53 Å². The molecule has 0 aliphatic carbocycles. The Hall–Kier alpha value is -1.55. The Labute approximate surface area is 101 Å². The molecule has 1 aromatic rings. The van der Waals surface area contributed by atoms with E-state index in [1.165, 1.54) is 0 Å². The molecule has 2 rings (SSSR count). The predicted molar refractivity (Wildman–Crippen MR) is 66.8 cm³/mol. The van der Waals surface area contributed by atoms with E-state index in [4.69, 9.17) is 10.5 Å². The summed E-state index contributed by atoms with van der Waals surface area (Å²) in [6, 6.07) is 7.19. The molecule has 0 spiro atoms. The van der Waals surface area contributed by atoms with Crippen molar-refractivity contribution in [2.75, 3.05) is 18.9 Å². The smallest absolute Gasteiger partial charge is 0.254 e. The number of nitrogens with two attached hydrogens (primary N) is 1. The number of amides is 1. The standard InChI is InChI=1S/C13H18N2O2/c1-9-10(2)17-7-6-15(9)13(16)11-4-3-5-12(14)8-11/h3-5,8-10H,6-7,14H2,1-2H3. The van der Waals surface area contributed by atoms with E-state index in [1.54, 1.807) is 24.3 Å². The van der Waals surface area contributed by atoms with Crippen LogP contribution in [0.3, 0.4) is 0 Å². The van der Waals surface area contributed by atoms with Crippen LogP contribution in [-0.4, -0.2) is 36.1 Å². The first-order valence-electron chi connectivity index (χ1n) is 5.87. The van der Waals surface area contributed by atoms with Crippen LogP contribution in [0.2, 0.25) is 0 Å². The molecule has 0 bridgehead atoms. The number of benzene rings is 1. The van der Waals surface area contributed by atoms with Gasteiger partial charge in [-0.3, -0.25) is 4.79 Å². The van der Waals surface area contributed by atoms with Crippen molar-refractivity contribution in [3.63, 3.8) is 0 Å². The van der Waals surface area contributed by atoms with Crippen LogP contribution < -0.4 is 5.73 Å². The quantitative estimate of drug-likeness (QED) is 0.749. The van der Waals surface area contributed by atoms with E-state index in [0.717, 1.165) is 0 Å². The van der Waals surface area contributed by atoms with Gasteiger partial charge in [-0.2, -0.15) is 0 Å². The maximum absolute atomic E-state index is 12.3. The number of carbonyl (C=O) groups excluding carboxylic acids is 1. The van der Waals surface area contributed by atoms with Crippen molar-refractivity contribution in [3.05, 3.63) is 29.8 Å². The number of nitrogen functional groups attached to an aromatic ring is 1. The summed E-state index contributed by atoms with van der Waals surface area (Å²) in [7, 11) is 0. The maximum atomic E-state index is 12.3. The highest BCUT2D eigenvalue weighted by Gasteiger charge is 2.29. The van der Waals surface area contributed by atoms with Gasteiger partial charge in [-0.05, 0) is 32.0 Å². The van der Waals surface area contributed by atoms with Crippen LogP contribution >= 0.6 is 0 Å². The molecule has 2 atom stereocenters. The molecule has 2 unspecified atom stereocenters. The third kappa shape index (κ3) is 2.42. The second-order valence-electron chi connectivity index (χ2n) is 4.44. The van der Waals surface area contributed by atoms with Crippen LogP contribution in [0.5, 0.6) is 0 Å². The highest BCUT2D eigenvalue weighted by atomic mass is 16.5. The molecule has 1 aliphatic rings. The van der Waals surface area contributed by atoms with Crippen molar-refractivity contribution in [3.8, 4) is 0 Å². The lowest BCUT2D eigenvalue weighted by Gasteiger charge is -2.37. The summed E-state index contributed by atoms with van der Waals surface area (Å²) in [5.41, 5.74) is 6.95. The normalized spacial score (nSPS) is 24.7. The third-order valence-electron chi connectivity index (χ3n) is 3.28. The minimum absolute atomic E-state index is 0.0277. The molecule has 17 heavy (non-hydrogen) atoms. The molecule has 0 aromatic heterocycles. The topological polar surface area (TPSA) is 55.6 Å². The van der Waals surface area contributed by atoms with E-state index in [0.29, 0.717) is 24.4 Å². The van der Waals surface area contributed by atoms with Gasteiger partial charge in [0.15, 0.2) is 0 Å². The molecule has 1 aromatic carbocycles. The van der Waals surface area contributed by atoms with Crippen LogP contribution in [0.1, 0.15) is 24.2 Å². The van der Waals surface area contributed by atoms with Gasteiger partial charge in [-0.15, -0.1) is 0 Å². The van der Waals surface area contributed by atoms with Gasteiger partial charge < -0.3 is 15.4 Å². The van der Waals surface area contributed by atoms with Crippen molar-refractivity contribution in [2.24, 2.45) is 0 Å². The van der Waals surface area contributed by atoms with Gasteiger partial charge in [-0.25, -0.2) is 0 Å². The Morgan fingerprint density at radius 2 is 2.24 bits per heavy atom. The average Bonchev–Trinajstić information content (AvgIpc) is 2.32. The first kappa shape index (κ1) is 11.9. The molecule has 1 saturated heterocycles. The monoisotopic (exact) mass is 234 g/mol. The first-order valence-corrected chi connectivity index (χ1v) is 5.87. The highest BCUT2D eigenvalue weighted by molar-refractivity contribution is 5.95. The molecule has 1 aliphatic heterocycles. The second kappa shape index (κ2) is 4.75. The van der Waals surface area contributed by atoms with Crippen molar-refractivity contribution >= 4 is 11.6 Å². The van der Waals surface area contributed by atoms with Gasteiger partial charge >= 0.3 is 0 Å². The van der Waals surface area contributed by atoms with Gasteiger partial charge in [-0.1, -0.05) is 6.07 Å². The van der Waals surface area contributed by atoms with Crippen LogP contribution in [0.15, 0.2) is 24.3 Å². The molecule has 4 nitrogen and oxygen atoms in total. The van der Waals surface area contributed by atoms with Gasteiger partial charge in [0.2, 0.25) is 0 Å². The largest absolute Gasteiger partial charge is 0.399 e. The third-order valence-corrected chi connectivity index (χ3v) is 3.28. The van der Waals surface area contributed by atoms with E-state index < -0.39 is 0 Å². The van der Waals surface area contributed by atoms with Crippen LogP contribution in [0, 0.1) is 0 Å². The van der Waals surface area contributed by atoms with Gasteiger partial charge in [0, 0.05) is 17.8 Å². The number of nitrogens with zero attached hydrogens (tertiary/aromatic N) is 1. The zero-order chi connectivity index (χ0) is 12.4. The summed E-state index contributed by atoms with van der Waals surface area (Å²) in [5.74, 6) is 0.0277. The lowest BCUT2D eigenvalue weighted by Crippen LogP contribution is -2.51. The molecular weight excluding hydrogens is 216 g/mol. The summed E-state index contributed by atoms with van der Waals surface area (Å²) >= 11 is 0. The van der Waals surface area contributed by atoms with Gasteiger partial charge in [0.1, 0.15) is 0 Å². The van der Waals surface area contributed by atoms with Crippen LogP contribution in [0.25, 0.3) is 0 Å². The van der Waals surface area contributed by atoms with E-state index in [9.17, 15) is 4.79 Å². The fraction of sp³-hybridized carbons (Fsp3) is 0.462. The molecule has 1 fully saturated rings. The minimum atomic E-state index is 0.0277. The zero-order valence-electron chi connectivity index (χ0n) is 10.2. The molecular formula is C13H18N2O2. The summed E-state index contributed by atoms with van der Waals surface area (Å²) in [5, 5.41) is 0. The molecule has 0 saturated carbocycles. The van der Waals surface area contributed by atoms with Crippen molar-refractivity contribution in [1.29, 1.82) is 0 Å². The van der Waals surface area contributed by atoms with E-state index in [2.05, 4.69) is 0 Å². The lowest BCUT2D eigenvalue weighted by molar-refractivity contribution is -0.0440. The Morgan fingerprint density at radius 1 is 1.47 bits per heavy atom. The van der Waals surface area contributed by atoms with Gasteiger partial charge in [0.25, 0.3) is 5.91 Å². The Balaban J connectivity index is 2.19. The maximum Gasteiger partial charge on any atom is 0.254 e. The van der Waals surface area contributed by atoms with Crippen molar-refractivity contribution in [1.82, 2.24) is 4.90 Å². The van der Waals surface area contributed by atoms with Crippen LogP contribution in [0.4, 0.5) is 5.69 Å². The SMILES string of the molecule is CC1OCCN(C(=O)c2cccc(N)c2)C1C. The fourth-order valence-electron chi connectivity index (χ4n) is 2.06. The number of ether oxygens (including phenoxy) is 1.